The molecule has 1 rings (SSSR count). The quantitative estimate of drug-likeness (QED) is 0.762. The van der Waals surface area contributed by atoms with Gasteiger partial charge in [0.1, 0.15) is 5.60 Å². The molecular weight excluding hydrogens is 210 g/mol. The molecule has 1 fully saturated rings. The van der Waals surface area contributed by atoms with Crippen LogP contribution in [0, 0.1) is 0 Å². The minimum absolute atomic E-state index is 0.0185. The molecule has 0 aromatic rings. The van der Waals surface area contributed by atoms with Crippen molar-refractivity contribution < 1.29 is 19.4 Å². The molecule has 1 aliphatic rings. The SMILES string of the molecule is COC[C@]1(O)C[C@@H](NC(=O)OC(C)(C)C)C1. The lowest BCUT2D eigenvalue weighted by Crippen LogP contribution is -2.57. The van der Waals surface area contributed by atoms with E-state index < -0.39 is 17.3 Å². The van der Waals surface area contributed by atoms with Crippen LogP contribution in [0.25, 0.3) is 0 Å². The standard InChI is InChI=1S/C11H21NO4/c1-10(2,3)16-9(13)12-8-5-11(14,6-8)7-15-4/h8,14H,5-7H2,1-4H3,(H,12,13)/t8-,11+. The second-order valence-electron chi connectivity index (χ2n) is 5.41. The fraction of sp³-hybridized carbons (Fsp3) is 0.909. The molecule has 1 saturated carbocycles. The Morgan fingerprint density at radius 1 is 1.50 bits per heavy atom. The van der Waals surface area contributed by atoms with Crippen LogP contribution < -0.4 is 5.32 Å². The maximum atomic E-state index is 11.4. The lowest BCUT2D eigenvalue weighted by Gasteiger charge is -2.43. The Balaban J connectivity index is 2.25. The van der Waals surface area contributed by atoms with Crippen molar-refractivity contribution in [3.63, 3.8) is 0 Å². The van der Waals surface area contributed by atoms with Gasteiger partial charge in [-0.1, -0.05) is 0 Å². The number of carbonyl (C=O) groups excluding carboxylic acids is 1. The summed E-state index contributed by atoms with van der Waals surface area (Å²) >= 11 is 0. The third-order valence-electron chi connectivity index (χ3n) is 2.39. The van der Waals surface area contributed by atoms with E-state index in [1.807, 2.05) is 20.8 Å². The third kappa shape index (κ3) is 3.98. The smallest absolute Gasteiger partial charge is 0.407 e. The molecule has 1 amide bonds. The van der Waals surface area contributed by atoms with Crippen LogP contribution in [0.4, 0.5) is 4.79 Å². The Labute approximate surface area is 96.1 Å². The van der Waals surface area contributed by atoms with E-state index in [0.717, 1.165) is 0 Å². The molecule has 2 N–H and O–H groups in total. The van der Waals surface area contributed by atoms with E-state index in [9.17, 15) is 9.90 Å². The molecule has 5 heteroatoms. The topological polar surface area (TPSA) is 67.8 Å². The summed E-state index contributed by atoms with van der Waals surface area (Å²) in [6.45, 7) is 5.75. The van der Waals surface area contributed by atoms with Gasteiger partial charge in [0, 0.05) is 13.2 Å². The molecule has 5 nitrogen and oxygen atoms in total. The molecule has 94 valence electrons. The second kappa shape index (κ2) is 4.59. The molecule has 0 unspecified atom stereocenters. The molecule has 0 spiro atoms. The Morgan fingerprint density at radius 3 is 2.50 bits per heavy atom. The van der Waals surface area contributed by atoms with Crippen LogP contribution in [0.2, 0.25) is 0 Å². The van der Waals surface area contributed by atoms with Crippen molar-refractivity contribution in [2.45, 2.75) is 50.9 Å². The number of alkyl carbamates (subject to hydrolysis) is 1. The van der Waals surface area contributed by atoms with Gasteiger partial charge in [0.15, 0.2) is 0 Å². The summed E-state index contributed by atoms with van der Waals surface area (Å²) < 4.78 is 10.00. The number of carbonyl (C=O) groups is 1. The maximum Gasteiger partial charge on any atom is 0.407 e. The molecule has 0 radical (unpaired) electrons. The van der Waals surface area contributed by atoms with Crippen molar-refractivity contribution in [3.05, 3.63) is 0 Å². The minimum atomic E-state index is -0.783. The van der Waals surface area contributed by atoms with E-state index in [1.54, 1.807) is 7.11 Å². The minimum Gasteiger partial charge on any atom is -0.444 e. The van der Waals surface area contributed by atoms with E-state index in [-0.39, 0.29) is 6.04 Å². The van der Waals surface area contributed by atoms with Crippen LogP contribution in [0.3, 0.4) is 0 Å². The van der Waals surface area contributed by atoms with E-state index in [2.05, 4.69) is 5.32 Å². The molecule has 0 saturated heterocycles. The van der Waals surface area contributed by atoms with Gasteiger partial charge in [0.2, 0.25) is 0 Å². The predicted molar refractivity (Wildman–Crippen MR) is 59.2 cm³/mol. The first kappa shape index (κ1) is 13.3. The Hall–Kier alpha value is -0.810. The van der Waals surface area contributed by atoms with Crippen LogP contribution in [0.15, 0.2) is 0 Å². The zero-order valence-corrected chi connectivity index (χ0v) is 10.4. The fourth-order valence-electron chi connectivity index (χ4n) is 1.82. The summed E-state index contributed by atoms with van der Waals surface area (Å²) in [6, 6.07) is -0.0185. The number of amides is 1. The van der Waals surface area contributed by atoms with Crippen molar-refractivity contribution in [2.24, 2.45) is 0 Å². The van der Waals surface area contributed by atoms with Crippen LogP contribution in [0.5, 0.6) is 0 Å². The zero-order chi connectivity index (χ0) is 12.4. The third-order valence-corrected chi connectivity index (χ3v) is 2.39. The monoisotopic (exact) mass is 231 g/mol. The van der Waals surface area contributed by atoms with Gasteiger partial charge in [-0.3, -0.25) is 0 Å². The van der Waals surface area contributed by atoms with Crippen LogP contribution in [-0.2, 0) is 9.47 Å². The van der Waals surface area contributed by atoms with Crippen molar-refractivity contribution in [3.8, 4) is 0 Å². The Bertz CT molecular complexity index is 253. The van der Waals surface area contributed by atoms with E-state index in [1.165, 1.54) is 0 Å². The average Bonchev–Trinajstić information content (AvgIpc) is 1.97. The molecule has 0 aromatic carbocycles. The highest BCUT2D eigenvalue weighted by Gasteiger charge is 2.43. The number of ether oxygens (including phenoxy) is 2. The highest BCUT2D eigenvalue weighted by Crippen LogP contribution is 2.32. The number of nitrogens with one attached hydrogen (secondary N) is 1. The average molecular weight is 231 g/mol. The molecule has 0 heterocycles. The number of hydrogen-bond donors (Lipinski definition) is 2. The molecule has 1 aliphatic carbocycles. The Kier molecular flexibility index (Phi) is 3.80. The van der Waals surface area contributed by atoms with Crippen molar-refractivity contribution in [2.75, 3.05) is 13.7 Å². The van der Waals surface area contributed by atoms with Crippen LogP contribution >= 0.6 is 0 Å². The highest BCUT2D eigenvalue weighted by molar-refractivity contribution is 5.68. The largest absolute Gasteiger partial charge is 0.444 e. The van der Waals surface area contributed by atoms with Crippen LogP contribution in [0.1, 0.15) is 33.6 Å². The van der Waals surface area contributed by atoms with Gasteiger partial charge in [-0.05, 0) is 33.6 Å². The lowest BCUT2D eigenvalue weighted by molar-refractivity contribution is -0.101. The number of methoxy groups -OCH3 is 1. The van der Waals surface area contributed by atoms with Gasteiger partial charge < -0.3 is 19.9 Å². The number of aliphatic hydroxyl groups is 1. The van der Waals surface area contributed by atoms with Gasteiger partial charge in [0.25, 0.3) is 0 Å². The molecule has 0 atom stereocenters. The van der Waals surface area contributed by atoms with E-state index >= 15 is 0 Å². The highest BCUT2D eigenvalue weighted by atomic mass is 16.6. The summed E-state index contributed by atoms with van der Waals surface area (Å²) in [5.74, 6) is 0. The summed E-state index contributed by atoms with van der Waals surface area (Å²) in [7, 11) is 1.55. The van der Waals surface area contributed by atoms with Gasteiger partial charge in [-0.25, -0.2) is 4.79 Å². The first-order valence-corrected chi connectivity index (χ1v) is 5.45. The number of hydrogen-bond acceptors (Lipinski definition) is 4. The fourth-order valence-corrected chi connectivity index (χ4v) is 1.82. The maximum absolute atomic E-state index is 11.4. The molecule has 0 aliphatic heterocycles. The second-order valence-corrected chi connectivity index (χ2v) is 5.41. The van der Waals surface area contributed by atoms with Crippen molar-refractivity contribution in [1.29, 1.82) is 0 Å². The van der Waals surface area contributed by atoms with Gasteiger partial charge in [-0.2, -0.15) is 0 Å². The van der Waals surface area contributed by atoms with E-state index in [4.69, 9.17) is 9.47 Å². The zero-order valence-electron chi connectivity index (χ0n) is 10.4. The summed E-state index contributed by atoms with van der Waals surface area (Å²) in [6.07, 6.45) is 0.595. The first-order chi connectivity index (χ1) is 7.24. The molecule has 0 aromatic heterocycles. The van der Waals surface area contributed by atoms with Crippen molar-refractivity contribution >= 4 is 6.09 Å². The summed E-state index contributed by atoms with van der Waals surface area (Å²) in [5.41, 5.74) is -1.27. The normalized spacial score (nSPS) is 29.4. The summed E-state index contributed by atoms with van der Waals surface area (Å²) in [5, 5.41) is 12.5. The molecule has 0 bridgehead atoms. The number of rotatable bonds is 3. The first-order valence-electron chi connectivity index (χ1n) is 5.45. The summed E-state index contributed by atoms with van der Waals surface area (Å²) in [4.78, 5) is 11.4. The van der Waals surface area contributed by atoms with Crippen molar-refractivity contribution in [1.82, 2.24) is 5.32 Å². The van der Waals surface area contributed by atoms with Gasteiger partial charge >= 0.3 is 6.09 Å². The molecule has 16 heavy (non-hydrogen) atoms. The van der Waals surface area contributed by atoms with Gasteiger partial charge in [-0.15, -0.1) is 0 Å². The van der Waals surface area contributed by atoms with E-state index in [0.29, 0.717) is 19.4 Å². The van der Waals surface area contributed by atoms with Gasteiger partial charge in [0.05, 0.1) is 12.2 Å². The lowest BCUT2D eigenvalue weighted by atomic mass is 9.76. The Morgan fingerprint density at radius 2 is 2.06 bits per heavy atom. The molecular formula is C11H21NO4. The predicted octanol–water partition coefficient (Wildman–Crippen LogP) is 1.05. The van der Waals surface area contributed by atoms with Crippen LogP contribution in [-0.4, -0.2) is 42.2 Å².